The van der Waals surface area contributed by atoms with Gasteiger partial charge in [0.25, 0.3) is 0 Å². The standard InChI is InChI=1S/C23H25F3N5O2P/c1-14-17(5-4-6-19(14)23(24,25)26)15(2)28-22-18-11-21(27-12-20(18)29-16(3)30-22)34(33)9-7-31(13-32)8-10-34/h4-6,11-13,15H,7-10H2,1-3H3,(H,28,29,30)/t15-/m1/s1. The maximum atomic E-state index is 13.6. The van der Waals surface area contributed by atoms with E-state index in [9.17, 15) is 22.5 Å². The van der Waals surface area contributed by atoms with Gasteiger partial charge in [0.2, 0.25) is 6.41 Å². The number of alkyl halides is 3. The van der Waals surface area contributed by atoms with Crippen LogP contribution in [0.25, 0.3) is 10.9 Å². The van der Waals surface area contributed by atoms with Crippen molar-refractivity contribution >= 4 is 35.7 Å². The number of nitrogens with zero attached hydrogens (tertiary/aromatic N) is 4. The van der Waals surface area contributed by atoms with Crippen LogP contribution in [0.4, 0.5) is 19.0 Å². The highest BCUT2D eigenvalue weighted by Crippen LogP contribution is 2.46. The molecule has 1 aliphatic heterocycles. The van der Waals surface area contributed by atoms with E-state index in [0.29, 0.717) is 59.0 Å². The molecule has 0 radical (unpaired) electrons. The number of aryl methyl sites for hydroxylation is 1. The molecule has 1 aromatic carbocycles. The molecule has 4 rings (SSSR count). The van der Waals surface area contributed by atoms with E-state index in [1.807, 2.05) is 0 Å². The van der Waals surface area contributed by atoms with E-state index in [1.165, 1.54) is 13.0 Å². The van der Waals surface area contributed by atoms with Crippen LogP contribution >= 0.6 is 7.14 Å². The number of nitrogens with one attached hydrogen (secondary N) is 1. The van der Waals surface area contributed by atoms with Gasteiger partial charge in [-0.05, 0) is 44.0 Å². The summed E-state index contributed by atoms with van der Waals surface area (Å²) in [6, 6.07) is 5.35. The van der Waals surface area contributed by atoms with Crippen LogP contribution in [-0.4, -0.2) is 51.7 Å². The van der Waals surface area contributed by atoms with Crippen molar-refractivity contribution in [1.82, 2.24) is 19.9 Å². The number of fused-ring (bicyclic) bond motifs is 1. The van der Waals surface area contributed by atoms with Gasteiger partial charge in [0.05, 0.1) is 23.3 Å². The monoisotopic (exact) mass is 491 g/mol. The molecule has 3 heterocycles. The van der Waals surface area contributed by atoms with Crippen molar-refractivity contribution in [2.24, 2.45) is 0 Å². The van der Waals surface area contributed by atoms with Crippen LogP contribution in [0.3, 0.4) is 0 Å². The fourth-order valence-electron chi connectivity index (χ4n) is 4.32. The summed E-state index contributed by atoms with van der Waals surface area (Å²) in [5, 5.41) is 3.83. The molecule has 0 unspecified atom stereocenters. The van der Waals surface area contributed by atoms with Crippen LogP contribution in [0.1, 0.15) is 35.5 Å². The molecule has 34 heavy (non-hydrogen) atoms. The van der Waals surface area contributed by atoms with Crippen LogP contribution in [0.2, 0.25) is 0 Å². The van der Waals surface area contributed by atoms with Gasteiger partial charge in [0.1, 0.15) is 24.2 Å². The number of carbonyl (C=O) groups is 1. The van der Waals surface area contributed by atoms with Crippen molar-refractivity contribution in [1.29, 1.82) is 0 Å². The molecule has 1 N–H and O–H groups in total. The largest absolute Gasteiger partial charge is 0.416 e. The summed E-state index contributed by atoms with van der Waals surface area (Å²) in [7, 11) is -2.80. The molecule has 1 fully saturated rings. The summed E-state index contributed by atoms with van der Waals surface area (Å²) >= 11 is 0. The Balaban J connectivity index is 1.71. The molecule has 0 spiro atoms. The minimum absolute atomic E-state index is 0.152. The molecule has 0 aliphatic carbocycles. The fraction of sp³-hybridized carbons (Fsp3) is 0.391. The number of halogens is 3. The first-order valence-corrected chi connectivity index (χ1v) is 13.0. The normalized spacial score (nSPS) is 16.9. The molecular weight excluding hydrogens is 466 g/mol. The van der Waals surface area contributed by atoms with E-state index in [4.69, 9.17) is 0 Å². The second-order valence-corrected chi connectivity index (χ2v) is 11.7. The molecule has 1 amide bonds. The predicted molar refractivity (Wildman–Crippen MR) is 125 cm³/mol. The molecule has 0 saturated carbocycles. The van der Waals surface area contributed by atoms with Crippen molar-refractivity contribution in [3.8, 4) is 0 Å². The predicted octanol–water partition coefficient (Wildman–Crippen LogP) is 4.29. The molecule has 2 aromatic heterocycles. The first kappa shape index (κ1) is 24.1. The maximum absolute atomic E-state index is 13.6. The summed E-state index contributed by atoms with van der Waals surface area (Å²) in [4.78, 5) is 25.9. The topological polar surface area (TPSA) is 88.1 Å². The number of amides is 1. The Bertz CT molecular complexity index is 1290. The first-order valence-electron chi connectivity index (χ1n) is 10.9. The molecule has 1 saturated heterocycles. The molecule has 3 aromatic rings. The Morgan fingerprint density at radius 2 is 1.88 bits per heavy atom. The molecule has 0 bridgehead atoms. The summed E-state index contributed by atoms with van der Waals surface area (Å²) in [6.45, 7) is 5.75. The van der Waals surface area contributed by atoms with Gasteiger partial charge >= 0.3 is 6.18 Å². The number of hydrogen-bond acceptors (Lipinski definition) is 6. The average molecular weight is 491 g/mol. The van der Waals surface area contributed by atoms with Crippen LogP contribution in [0.5, 0.6) is 0 Å². The van der Waals surface area contributed by atoms with E-state index in [2.05, 4.69) is 20.3 Å². The number of benzene rings is 1. The molecule has 180 valence electrons. The summed E-state index contributed by atoms with van der Waals surface area (Å²) in [5.74, 6) is 0.914. The van der Waals surface area contributed by atoms with E-state index in [-0.39, 0.29) is 5.56 Å². The van der Waals surface area contributed by atoms with E-state index < -0.39 is 24.9 Å². The van der Waals surface area contributed by atoms with Crippen molar-refractivity contribution in [2.75, 3.05) is 30.7 Å². The Kier molecular flexibility index (Phi) is 6.38. The summed E-state index contributed by atoms with van der Waals surface area (Å²) in [5.41, 5.74) is 0.976. The highest BCUT2D eigenvalue weighted by atomic mass is 31.2. The zero-order valence-corrected chi connectivity index (χ0v) is 20.0. The second-order valence-electron chi connectivity index (χ2n) is 8.54. The van der Waals surface area contributed by atoms with Crippen molar-refractivity contribution in [3.05, 3.63) is 53.0 Å². The second kappa shape index (κ2) is 8.98. The van der Waals surface area contributed by atoms with E-state index in [1.54, 1.807) is 37.1 Å². The third kappa shape index (κ3) is 4.64. The van der Waals surface area contributed by atoms with Crippen LogP contribution in [0, 0.1) is 13.8 Å². The van der Waals surface area contributed by atoms with E-state index >= 15 is 0 Å². The van der Waals surface area contributed by atoms with Gasteiger partial charge in [-0.1, -0.05) is 12.1 Å². The lowest BCUT2D eigenvalue weighted by molar-refractivity contribution is -0.138. The van der Waals surface area contributed by atoms with Crippen molar-refractivity contribution < 1.29 is 22.5 Å². The quantitative estimate of drug-likeness (QED) is 0.423. The van der Waals surface area contributed by atoms with Gasteiger partial charge in [-0.3, -0.25) is 9.78 Å². The summed E-state index contributed by atoms with van der Waals surface area (Å²) < 4.78 is 53.7. The van der Waals surface area contributed by atoms with E-state index in [0.717, 1.165) is 12.5 Å². The van der Waals surface area contributed by atoms with Gasteiger partial charge in [-0.2, -0.15) is 13.2 Å². The molecule has 11 heteroatoms. The zero-order chi connectivity index (χ0) is 24.7. The zero-order valence-electron chi connectivity index (χ0n) is 19.1. The Hall–Kier alpha value is -3.00. The molecule has 1 aliphatic rings. The summed E-state index contributed by atoms with van der Waals surface area (Å²) in [6.07, 6.45) is -1.44. The molecule has 1 atom stereocenters. The van der Waals surface area contributed by atoms with Gasteiger partial charge in [0, 0.05) is 30.8 Å². The number of anilines is 1. The maximum Gasteiger partial charge on any atom is 0.416 e. The van der Waals surface area contributed by atoms with Gasteiger partial charge in [-0.25, -0.2) is 9.97 Å². The smallest absolute Gasteiger partial charge is 0.363 e. The van der Waals surface area contributed by atoms with Crippen molar-refractivity contribution in [2.45, 2.75) is 33.0 Å². The lowest BCUT2D eigenvalue weighted by Crippen LogP contribution is -2.36. The van der Waals surface area contributed by atoms with Crippen LogP contribution in [-0.2, 0) is 15.5 Å². The lowest BCUT2D eigenvalue weighted by Gasteiger charge is -2.29. The number of aromatic nitrogens is 3. The Morgan fingerprint density at radius 1 is 1.18 bits per heavy atom. The van der Waals surface area contributed by atoms with Gasteiger partial charge in [-0.15, -0.1) is 0 Å². The average Bonchev–Trinajstić information content (AvgIpc) is 2.78. The minimum Gasteiger partial charge on any atom is -0.363 e. The highest BCUT2D eigenvalue weighted by molar-refractivity contribution is 7.71. The van der Waals surface area contributed by atoms with Crippen LogP contribution < -0.4 is 10.8 Å². The Morgan fingerprint density at radius 3 is 2.53 bits per heavy atom. The fourth-order valence-corrected chi connectivity index (χ4v) is 6.80. The molecular formula is C23H25F3N5O2P. The van der Waals surface area contributed by atoms with Gasteiger partial charge in [0.15, 0.2) is 0 Å². The first-order chi connectivity index (χ1) is 16.0. The van der Waals surface area contributed by atoms with Crippen molar-refractivity contribution in [3.63, 3.8) is 0 Å². The number of pyridine rings is 1. The third-order valence-corrected chi connectivity index (χ3v) is 9.17. The number of rotatable bonds is 5. The highest BCUT2D eigenvalue weighted by Gasteiger charge is 2.34. The Labute approximate surface area is 195 Å². The molecule has 7 nitrogen and oxygen atoms in total. The number of carbonyl (C=O) groups excluding carboxylic acids is 1. The lowest BCUT2D eigenvalue weighted by atomic mass is 9.97. The third-order valence-electron chi connectivity index (χ3n) is 6.24. The SMILES string of the molecule is Cc1nc(N[C@H](C)c2cccc(C(F)(F)F)c2C)c2cc(P3(=O)CCN(C=O)CC3)ncc2n1. The number of hydrogen-bond donors (Lipinski definition) is 1. The van der Waals surface area contributed by atoms with Gasteiger partial charge < -0.3 is 14.8 Å². The van der Waals surface area contributed by atoms with Crippen LogP contribution in [0.15, 0.2) is 30.5 Å². The minimum atomic E-state index is -4.44.